The van der Waals surface area contributed by atoms with E-state index in [0.717, 1.165) is 5.69 Å². The number of hydrazone groups is 1. The molecule has 0 saturated carbocycles. The van der Waals surface area contributed by atoms with Crippen molar-refractivity contribution in [1.82, 2.24) is 0 Å². The van der Waals surface area contributed by atoms with E-state index in [4.69, 9.17) is 27.9 Å². The molecule has 12 heteroatoms. The molecule has 5 nitrogen and oxygen atoms in total. The van der Waals surface area contributed by atoms with Crippen molar-refractivity contribution < 1.29 is 31.5 Å². The van der Waals surface area contributed by atoms with Gasteiger partial charge in [-0.2, -0.15) is 10.1 Å². The maximum Gasteiger partial charge on any atom is 0.280 e. The van der Waals surface area contributed by atoms with Gasteiger partial charge in [-0.05, 0) is 56.7 Å². The zero-order chi connectivity index (χ0) is 29.3. The molecule has 4 rings (SSSR count). The van der Waals surface area contributed by atoms with Crippen LogP contribution in [-0.2, 0) is 11.4 Å². The van der Waals surface area contributed by atoms with Crippen LogP contribution in [0.15, 0.2) is 47.1 Å². The number of nitrogens with zero attached hydrogens (tertiary/aromatic N) is 3. The van der Waals surface area contributed by atoms with Gasteiger partial charge >= 0.3 is 0 Å². The molecule has 0 spiro atoms. The third kappa shape index (κ3) is 5.51. The molecule has 0 saturated heterocycles. The van der Waals surface area contributed by atoms with E-state index in [1.807, 2.05) is 13.8 Å². The van der Waals surface area contributed by atoms with E-state index in [0.29, 0.717) is 40.0 Å². The molecule has 0 fully saturated rings. The number of carbonyl (C=O) groups is 1. The number of rotatable bonds is 8. The van der Waals surface area contributed by atoms with Crippen molar-refractivity contribution in [3.8, 4) is 5.75 Å². The van der Waals surface area contributed by atoms with Gasteiger partial charge in [-0.3, -0.25) is 4.79 Å². The van der Waals surface area contributed by atoms with Gasteiger partial charge in [-0.15, -0.1) is 0 Å². The number of hydrogen-bond acceptors (Lipinski definition) is 4. The van der Waals surface area contributed by atoms with Crippen LogP contribution in [0.1, 0.15) is 31.9 Å². The average Bonchev–Trinajstić information content (AvgIpc) is 3.21. The fraction of sp³-hybridized carbons (Fsp3) is 0.214. The largest absolute Gasteiger partial charge is 0.488 e. The molecule has 0 atom stereocenters. The van der Waals surface area contributed by atoms with Crippen LogP contribution in [0.25, 0.3) is 6.08 Å². The molecule has 3 aromatic rings. The molecule has 0 radical (unpaired) electrons. The van der Waals surface area contributed by atoms with Gasteiger partial charge in [0.25, 0.3) is 5.91 Å². The smallest absolute Gasteiger partial charge is 0.280 e. The second kappa shape index (κ2) is 11.9. The number of hydrogen-bond donors (Lipinski definition) is 0. The molecule has 0 bridgehead atoms. The summed E-state index contributed by atoms with van der Waals surface area (Å²) < 4.78 is 76.1. The monoisotopic (exact) mass is 597 g/mol. The first-order chi connectivity index (χ1) is 19.0. The Morgan fingerprint density at radius 3 is 2.12 bits per heavy atom. The van der Waals surface area contributed by atoms with Gasteiger partial charge in [0, 0.05) is 30.4 Å². The van der Waals surface area contributed by atoms with Crippen molar-refractivity contribution in [2.75, 3.05) is 23.0 Å². The molecule has 1 amide bonds. The minimum atomic E-state index is -2.33. The van der Waals surface area contributed by atoms with Crippen LogP contribution in [-0.4, -0.2) is 24.7 Å². The molecule has 40 heavy (non-hydrogen) atoms. The maximum absolute atomic E-state index is 14.4. The lowest BCUT2D eigenvalue weighted by atomic mass is 10.1. The minimum absolute atomic E-state index is 0.00260. The summed E-state index contributed by atoms with van der Waals surface area (Å²) in [4.78, 5) is 15.2. The van der Waals surface area contributed by atoms with Gasteiger partial charge in [-0.1, -0.05) is 29.3 Å². The SMILES string of the molecule is CCN(CC)c1ccc(/C=C2\C(=O)N(c3c(F)c(F)c(F)c(F)c3F)N=C2C)c(OCc2ccc(Cl)c(Cl)c2)c1. The Morgan fingerprint density at radius 2 is 1.52 bits per heavy atom. The summed E-state index contributed by atoms with van der Waals surface area (Å²) in [5.41, 5.74) is 0.372. The van der Waals surface area contributed by atoms with Crippen LogP contribution in [0.5, 0.6) is 5.75 Å². The van der Waals surface area contributed by atoms with Gasteiger partial charge in [0.15, 0.2) is 23.3 Å². The minimum Gasteiger partial charge on any atom is -0.488 e. The Kier molecular flexibility index (Phi) is 8.70. The summed E-state index contributed by atoms with van der Waals surface area (Å²) in [5, 5.41) is 4.68. The lowest BCUT2D eigenvalue weighted by Gasteiger charge is -2.22. The molecular formula is C28H22Cl2F5N3O2. The van der Waals surface area contributed by atoms with Crippen molar-refractivity contribution in [3.63, 3.8) is 0 Å². The van der Waals surface area contributed by atoms with Crippen LogP contribution in [0.3, 0.4) is 0 Å². The van der Waals surface area contributed by atoms with Crippen molar-refractivity contribution in [2.45, 2.75) is 27.4 Å². The number of amides is 1. The second-order valence-corrected chi connectivity index (χ2v) is 9.52. The quantitative estimate of drug-likeness (QED) is 0.115. The number of benzene rings is 3. The van der Waals surface area contributed by atoms with Crippen molar-refractivity contribution >= 4 is 52.3 Å². The summed E-state index contributed by atoms with van der Waals surface area (Å²) in [6.07, 6.45) is 1.38. The molecule has 1 aliphatic rings. The summed E-state index contributed by atoms with van der Waals surface area (Å²) >= 11 is 12.1. The predicted molar refractivity (Wildman–Crippen MR) is 146 cm³/mol. The zero-order valence-electron chi connectivity index (χ0n) is 21.5. The summed E-state index contributed by atoms with van der Waals surface area (Å²) in [7, 11) is 0. The topological polar surface area (TPSA) is 45.1 Å². The molecule has 0 aromatic heterocycles. The van der Waals surface area contributed by atoms with Gasteiger partial charge in [0.2, 0.25) is 5.82 Å². The average molecular weight is 598 g/mol. The van der Waals surface area contributed by atoms with Gasteiger partial charge < -0.3 is 9.64 Å². The van der Waals surface area contributed by atoms with Crippen LogP contribution < -0.4 is 14.6 Å². The summed E-state index contributed by atoms with van der Waals surface area (Å²) in [5.74, 6) is -11.8. The lowest BCUT2D eigenvalue weighted by molar-refractivity contribution is -0.114. The first-order valence-corrected chi connectivity index (χ1v) is 12.8. The molecule has 0 unspecified atom stereocenters. The highest BCUT2D eigenvalue weighted by molar-refractivity contribution is 6.42. The van der Waals surface area contributed by atoms with E-state index in [-0.39, 0.29) is 22.9 Å². The van der Waals surface area contributed by atoms with Crippen LogP contribution in [0.2, 0.25) is 10.0 Å². The highest BCUT2D eigenvalue weighted by Crippen LogP contribution is 2.35. The fourth-order valence-electron chi connectivity index (χ4n) is 4.11. The van der Waals surface area contributed by atoms with Crippen molar-refractivity contribution in [2.24, 2.45) is 5.10 Å². The van der Waals surface area contributed by atoms with E-state index in [2.05, 4.69) is 10.0 Å². The van der Waals surface area contributed by atoms with E-state index in [9.17, 15) is 26.7 Å². The maximum atomic E-state index is 14.4. The molecular weight excluding hydrogens is 576 g/mol. The highest BCUT2D eigenvalue weighted by Gasteiger charge is 2.37. The van der Waals surface area contributed by atoms with E-state index in [1.54, 1.807) is 36.4 Å². The molecule has 3 aromatic carbocycles. The fourth-order valence-corrected chi connectivity index (χ4v) is 4.43. The third-order valence-corrected chi connectivity index (χ3v) is 7.00. The Bertz CT molecular complexity index is 1530. The predicted octanol–water partition coefficient (Wildman–Crippen LogP) is 7.92. The molecule has 1 heterocycles. The Morgan fingerprint density at radius 1 is 0.900 bits per heavy atom. The first kappa shape index (κ1) is 29.4. The van der Waals surface area contributed by atoms with E-state index < -0.39 is 40.7 Å². The van der Waals surface area contributed by atoms with Gasteiger partial charge in [-0.25, -0.2) is 22.0 Å². The van der Waals surface area contributed by atoms with E-state index in [1.165, 1.54) is 13.0 Å². The number of carbonyl (C=O) groups excluding carboxylic acids is 1. The summed E-state index contributed by atoms with van der Waals surface area (Å²) in [6.45, 7) is 6.86. The van der Waals surface area contributed by atoms with Crippen molar-refractivity contribution in [3.05, 3.63) is 92.2 Å². The van der Waals surface area contributed by atoms with Gasteiger partial charge in [0.05, 0.1) is 21.3 Å². The van der Waals surface area contributed by atoms with Crippen molar-refractivity contribution in [1.29, 1.82) is 0 Å². The third-order valence-electron chi connectivity index (χ3n) is 6.26. The Balaban J connectivity index is 1.74. The number of ether oxygens (including phenoxy) is 1. The van der Waals surface area contributed by atoms with E-state index >= 15 is 0 Å². The number of halogens is 7. The Labute approximate surface area is 237 Å². The highest BCUT2D eigenvalue weighted by atomic mass is 35.5. The molecule has 1 aliphatic heterocycles. The Hall–Kier alpha value is -3.63. The standard InChI is InChI=1S/C28H22Cl2F5N3O2/c1-4-37(5-2)17-8-7-16(21(12-17)40-13-15-6-9-19(29)20(30)10-15)11-18-14(3)36-38(28(18)39)27-25(34)23(32)22(31)24(33)26(27)35/h6-12H,4-5,13H2,1-3H3/b18-11-. The first-order valence-electron chi connectivity index (χ1n) is 12.1. The molecule has 210 valence electrons. The van der Waals surface area contributed by atoms with Crippen LogP contribution >= 0.6 is 23.2 Å². The van der Waals surface area contributed by atoms with Crippen LogP contribution in [0.4, 0.5) is 33.3 Å². The zero-order valence-corrected chi connectivity index (χ0v) is 23.0. The van der Waals surface area contributed by atoms with Crippen LogP contribution in [0, 0.1) is 29.1 Å². The van der Waals surface area contributed by atoms with Gasteiger partial charge in [0.1, 0.15) is 18.0 Å². The number of anilines is 2. The molecule has 0 aliphatic carbocycles. The molecule has 0 N–H and O–H groups in total. The lowest BCUT2D eigenvalue weighted by Crippen LogP contribution is -2.25. The normalized spacial score (nSPS) is 14.2. The second-order valence-electron chi connectivity index (χ2n) is 8.71. The summed E-state index contributed by atoms with van der Waals surface area (Å²) in [6, 6.07) is 10.3.